The molecule has 1 aromatic rings. The summed E-state index contributed by atoms with van der Waals surface area (Å²) >= 11 is 0. The Labute approximate surface area is 121 Å². The fraction of sp³-hybridized carbons (Fsp3) is 0.684. The SMILES string of the molecule is CC(C)C.Cc1c(C)c(C)c(CC(C)C)c(C)c1C. The Hall–Kier alpha value is -0.780. The van der Waals surface area contributed by atoms with Crippen molar-refractivity contribution in [3.8, 4) is 0 Å². The first kappa shape index (κ1) is 18.2. The second-order valence-corrected chi connectivity index (χ2v) is 6.93. The van der Waals surface area contributed by atoms with Crippen LogP contribution in [-0.4, -0.2) is 0 Å². The highest BCUT2D eigenvalue weighted by atomic mass is 14.2. The van der Waals surface area contributed by atoms with Crippen molar-refractivity contribution >= 4 is 0 Å². The first-order valence-electron chi connectivity index (χ1n) is 7.65. The van der Waals surface area contributed by atoms with Crippen molar-refractivity contribution in [2.75, 3.05) is 0 Å². The molecule has 0 saturated heterocycles. The van der Waals surface area contributed by atoms with Gasteiger partial charge in [-0.1, -0.05) is 34.6 Å². The van der Waals surface area contributed by atoms with Crippen LogP contribution in [-0.2, 0) is 6.42 Å². The Morgan fingerprint density at radius 1 is 0.579 bits per heavy atom. The quantitative estimate of drug-likeness (QED) is 0.605. The molecule has 0 atom stereocenters. The highest BCUT2D eigenvalue weighted by Crippen LogP contribution is 2.27. The fourth-order valence-electron chi connectivity index (χ4n) is 2.29. The lowest BCUT2D eigenvalue weighted by atomic mass is 9.86. The third-order valence-electron chi connectivity index (χ3n) is 3.77. The van der Waals surface area contributed by atoms with Gasteiger partial charge in [0.25, 0.3) is 0 Å². The van der Waals surface area contributed by atoms with Gasteiger partial charge in [-0.15, -0.1) is 0 Å². The average molecular weight is 262 g/mol. The normalized spacial score (nSPS) is 10.7. The van der Waals surface area contributed by atoms with Gasteiger partial charge in [-0.3, -0.25) is 0 Å². The van der Waals surface area contributed by atoms with Crippen LogP contribution in [0.5, 0.6) is 0 Å². The number of rotatable bonds is 2. The zero-order valence-electron chi connectivity index (χ0n) is 14.9. The monoisotopic (exact) mass is 262 g/mol. The van der Waals surface area contributed by atoms with Gasteiger partial charge in [-0.2, -0.15) is 0 Å². The molecule has 0 bridgehead atoms. The fourth-order valence-corrected chi connectivity index (χ4v) is 2.29. The Balaban J connectivity index is 0.000000711. The molecule has 0 aliphatic heterocycles. The summed E-state index contributed by atoms with van der Waals surface area (Å²) in [5, 5.41) is 0. The van der Waals surface area contributed by atoms with Crippen LogP contribution in [0.1, 0.15) is 68.0 Å². The molecule has 0 N–H and O–H groups in total. The van der Waals surface area contributed by atoms with Gasteiger partial charge in [0.2, 0.25) is 0 Å². The largest absolute Gasteiger partial charge is 0.0630 e. The zero-order chi connectivity index (χ0) is 15.3. The first-order chi connectivity index (χ1) is 8.59. The molecule has 1 aromatic carbocycles. The molecule has 0 unspecified atom stereocenters. The second-order valence-electron chi connectivity index (χ2n) is 6.93. The second kappa shape index (κ2) is 7.72. The smallest absolute Gasteiger partial charge is 0.0250 e. The van der Waals surface area contributed by atoms with Crippen molar-refractivity contribution in [2.24, 2.45) is 11.8 Å². The van der Waals surface area contributed by atoms with E-state index >= 15 is 0 Å². The topological polar surface area (TPSA) is 0 Å². The van der Waals surface area contributed by atoms with Crippen molar-refractivity contribution in [3.05, 3.63) is 33.4 Å². The van der Waals surface area contributed by atoms with E-state index in [1.54, 1.807) is 5.56 Å². The molecule has 0 radical (unpaired) electrons. The van der Waals surface area contributed by atoms with Crippen LogP contribution in [0.2, 0.25) is 0 Å². The molecule has 0 heteroatoms. The van der Waals surface area contributed by atoms with Crippen LogP contribution in [0.25, 0.3) is 0 Å². The van der Waals surface area contributed by atoms with E-state index in [9.17, 15) is 0 Å². The van der Waals surface area contributed by atoms with Crippen molar-refractivity contribution in [1.82, 2.24) is 0 Å². The van der Waals surface area contributed by atoms with Gasteiger partial charge in [-0.05, 0) is 86.3 Å². The van der Waals surface area contributed by atoms with Gasteiger partial charge in [-0.25, -0.2) is 0 Å². The lowest BCUT2D eigenvalue weighted by Crippen LogP contribution is -2.05. The summed E-state index contributed by atoms with van der Waals surface area (Å²) in [7, 11) is 0. The van der Waals surface area contributed by atoms with Crippen molar-refractivity contribution in [1.29, 1.82) is 0 Å². The summed E-state index contributed by atoms with van der Waals surface area (Å²) in [6.45, 7) is 22.4. The number of benzene rings is 1. The Morgan fingerprint density at radius 2 is 0.842 bits per heavy atom. The predicted molar refractivity (Wildman–Crippen MR) is 89.2 cm³/mol. The summed E-state index contributed by atoms with van der Waals surface area (Å²) in [5.41, 5.74) is 9.01. The van der Waals surface area contributed by atoms with E-state index in [0.29, 0.717) is 0 Å². The molecule has 19 heavy (non-hydrogen) atoms. The summed E-state index contributed by atoms with van der Waals surface area (Å²) in [6.07, 6.45) is 1.21. The van der Waals surface area contributed by atoms with E-state index in [4.69, 9.17) is 0 Å². The molecule has 0 aliphatic carbocycles. The summed E-state index contributed by atoms with van der Waals surface area (Å²) < 4.78 is 0. The van der Waals surface area contributed by atoms with E-state index in [0.717, 1.165) is 11.8 Å². The minimum atomic E-state index is 0.740. The maximum atomic E-state index is 2.30. The molecule has 1 rings (SSSR count). The summed E-state index contributed by atoms with van der Waals surface area (Å²) in [6, 6.07) is 0. The predicted octanol–water partition coefficient (Wildman–Crippen LogP) is 6.09. The molecule has 0 saturated carbocycles. The van der Waals surface area contributed by atoms with Gasteiger partial charge in [0.1, 0.15) is 0 Å². The molecule has 0 fully saturated rings. The number of hydrogen-bond acceptors (Lipinski definition) is 0. The highest BCUT2D eigenvalue weighted by molar-refractivity contribution is 5.49. The average Bonchev–Trinajstić information content (AvgIpc) is 2.29. The molecular formula is C19H34. The standard InChI is InChI=1S/C15H24.C4H10/c1-9(2)8-15-13(6)11(4)10(3)12(5)14(15)7;1-4(2)3/h9H,8H2,1-7H3;4H,1-3H3. The lowest BCUT2D eigenvalue weighted by molar-refractivity contribution is 0.641. The van der Waals surface area contributed by atoms with Crippen molar-refractivity contribution < 1.29 is 0 Å². The van der Waals surface area contributed by atoms with Crippen LogP contribution in [0, 0.1) is 46.5 Å². The van der Waals surface area contributed by atoms with E-state index in [1.807, 2.05) is 0 Å². The molecular weight excluding hydrogens is 228 g/mol. The molecule has 0 amide bonds. The first-order valence-corrected chi connectivity index (χ1v) is 7.65. The third kappa shape index (κ3) is 5.38. The summed E-state index contributed by atoms with van der Waals surface area (Å²) in [5.74, 6) is 1.57. The van der Waals surface area contributed by atoms with Crippen LogP contribution < -0.4 is 0 Å². The van der Waals surface area contributed by atoms with Gasteiger partial charge in [0.15, 0.2) is 0 Å². The van der Waals surface area contributed by atoms with Gasteiger partial charge in [0.05, 0.1) is 0 Å². The molecule has 0 spiro atoms. The van der Waals surface area contributed by atoms with Crippen LogP contribution in [0.15, 0.2) is 0 Å². The van der Waals surface area contributed by atoms with Crippen LogP contribution in [0.4, 0.5) is 0 Å². The van der Waals surface area contributed by atoms with E-state index < -0.39 is 0 Å². The summed E-state index contributed by atoms with van der Waals surface area (Å²) in [4.78, 5) is 0. The molecule has 0 nitrogen and oxygen atoms in total. The van der Waals surface area contributed by atoms with E-state index in [1.165, 1.54) is 34.2 Å². The van der Waals surface area contributed by atoms with Gasteiger partial charge in [0, 0.05) is 0 Å². The maximum absolute atomic E-state index is 2.30. The van der Waals surface area contributed by atoms with Crippen LogP contribution in [0.3, 0.4) is 0 Å². The lowest BCUT2D eigenvalue weighted by Gasteiger charge is -2.19. The molecule has 0 heterocycles. The Morgan fingerprint density at radius 3 is 1.11 bits per heavy atom. The molecule has 110 valence electrons. The highest BCUT2D eigenvalue weighted by Gasteiger charge is 2.12. The minimum absolute atomic E-state index is 0.740. The van der Waals surface area contributed by atoms with Crippen molar-refractivity contribution in [3.63, 3.8) is 0 Å². The van der Waals surface area contributed by atoms with Gasteiger partial charge < -0.3 is 0 Å². The molecule has 0 aromatic heterocycles. The van der Waals surface area contributed by atoms with Crippen LogP contribution >= 0.6 is 0 Å². The van der Waals surface area contributed by atoms with Crippen molar-refractivity contribution in [2.45, 2.75) is 75.7 Å². The maximum Gasteiger partial charge on any atom is -0.0250 e. The Bertz CT molecular complexity index is 377. The van der Waals surface area contributed by atoms with E-state index in [-0.39, 0.29) is 0 Å². The zero-order valence-corrected chi connectivity index (χ0v) is 14.9. The Kier molecular flexibility index (Phi) is 7.41. The van der Waals surface area contributed by atoms with E-state index in [2.05, 4.69) is 69.2 Å². The third-order valence-corrected chi connectivity index (χ3v) is 3.77. The van der Waals surface area contributed by atoms with Gasteiger partial charge >= 0.3 is 0 Å². The number of hydrogen-bond donors (Lipinski definition) is 0. The minimum Gasteiger partial charge on any atom is -0.0630 e. The molecule has 0 aliphatic rings.